The van der Waals surface area contributed by atoms with Crippen LogP contribution in [0.15, 0.2) is 36.7 Å². The van der Waals surface area contributed by atoms with Gasteiger partial charge in [0.25, 0.3) is 0 Å². The van der Waals surface area contributed by atoms with E-state index in [1.807, 2.05) is 19.0 Å². The second-order valence-electron chi connectivity index (χ2n) is 6.17. The Labute approximate surface area is 149 Å². The van der Waals surface area contributed by atoms with Gasteiger partial charge >= 0.3 is 0 Å². The minimum atomic E-state index is -0.992. The molecule has 2 heterocycles. The minimum Gasteiger partial charge on any atom is -0.345 e. The van der Waals surface area contributed by atoms with Crippen LogP contribution in [0.1, 0.15) is 21.5 Å². The fraction of sp³-hybridized carbons (Fsp3) is 0.200. The Morgan fingerprint density at radius 1 is 1.31 bits per heavy atom. The highest BCUT2D eigenvalue weighted by Gasteiger charge is 2.17. The van der Waals surface area contributed by atoms with Crippen LogP contribution in [0.5, 0.6) is 0 Å². The predicted octanol–water partition coefficient (Wildman–Crippen LogP) is 3.18. The van der Waals surface area contributed by atoms with Gasteiger partial charge in [0, 0.05) is 35.3 Å². The van der Waals surface area contributed by atoms with Crippen molar-refractivity contribution in [1.82, 2.24) is 14.9 Å². The molecule has 0 aliphatic carbocycles. The first kappa shape index (κ1) is 17.8. The molecule has 2 aromatic heterocycles. The first-order valence-electron chi connectivity index (χ1n) is 8.02. The topological polar surface area (TPSA) is 49.0 Å². The third-order valence-corrected chi connectivity index (χ3v) is 3.84. The lowest BCUT2D eigenvalue weighted by atomic mass is 10.0. The van der Waals surface area contributed by atoms with Crippen LogP contribution in [0.2, 0.25) is 0 Å². The summed E-state index contributed by atoms with van der Waals surface area (Å²) in [5.41, 5.74) is 1.64. The number of carbonyl (C=O) groups excluding carboxylic acids is 1. The number of H-pyrrole nitrogens is 1. The number of ketones is 1. The number of benzene rings is 1. The molecule has 0 unspecified atom stereocenters. The maximum Gasteiger partial charge on any atom is 0.169 e. The lowest BCUT2D eigenvalue weighted by Gasteiger charge is -2.03. The van der Waals surface area contributed by atoms with E-state index in [1.165, 1.54) is 18.3 Å². The smallest absolute Gasteiger partial charge is 0.169 e. The highest BCUT2D eigenvalue weighted by atomic mass is 19.2. The van der Waals surface area contributed by atoms with E-state index in [1.54, 1.807) is 12.3 Å². The molecule has 4 nitrogen and oxygen atoms in total. The standard InChI is InChI=1S/C20H17F2N3O/c1-25(2)8-4-5-13-9-15-16(12-24-20(15)23-11-13)18(26)10-14-6-3-7-17(21)19(14)22/h3,6-7,9,11-12H,8,10H2,1-2H3,(H,23,24). The van der Waals surface area contributed by atoms with E-state index < -0.39 is 11.6 Å². The molecular formula is C20H17F2N3O. The summed E-state index contributed by atoms with van der Waals surface area (Å²) in [5.74, 6) is 3.74. The SMILES string of the molecule is CN(C)CC#Cc1cnc2[nH]cc(C(=O)Cc3cccc(F)c3F)c2c1. The number of hydrogen-bond acceptors (Lipinski definition) is 3. The van der Waals surface area contributed by atoms with Gasteiger partial charge < -0.3 is 4.98 Å². The van der Waals surface area contributed by atoms with E-state index >= 15 is 0 Å². The normalized spacial score (nSPS) is 10.8. The molecule has 3 rings (SSSR count). The van der Waals surface area contributed by atoms with E-state index in [-0.39, 0.29) is 17.8 Å². The number of nitrogens with zero attached hydrogens (tertiary/aromatic N) is 2. The summed E-state index contributed by atoms with van der Waals surface area (Å²) in [5, 5.41) is 0.614. The lowest BCUT2D eigenvalue weighted by Crippen LogP contribution is -2.10. The zero-order valence-corrected chi connectivity index (χ0v) is 14.4. The molecule has 0 radical (unpaired) electrons. The van der Waals surface area contributed by atoms with Crippen LogP contribution < -0.4 is 0 Å². The van der Waals surface area contributed by atoms with Crippen LogP contribution in [0.4, 0.5) is 8.78 Å². The maximum absolute atomic E-state index is 13.8. The van der Waals surface area contributed by atoms with Gasteiger partial charge in [-0.2, -0.15) is 0 Å². The molecule has 1 N–H and O–H groups in total. The van der Waals surface area contributed by atoms with Crippen molar-refractivity contribution in [3.63, 3.8) is 0 Å². The van der Waals surface area contributed by atoms with E-state index in [0.29, 0.717) is 28.7 Å². The average Bonchev–Trinajstić information content (AvgIpc) is 3.02. The van der Waals surface area contributed by atoms with E-state index in [4.69, 9.17) is 0 Å². The molecule has 0 amide bonds. The Balaban J connectivity index is 1.90. The molecule has 0 atom stereocenters. The van der Waals surface area contributed by atoms with Crippen molar-refractivity contribution < 1.29 is 13.6 Å². The number of hydrogen-bond donors (Lipinski definition) is 1. The van der Waals surface area contributed by atoms with Gasteiger partial charge in [0.15, 0.2) is 17.4 Å². The van der Waals surface area contributed by atoms with Crippen molar-refractivity contribution in [2.75, 3.05) is 20.6 Å². The number of aromatic amines is 1. The van der Waals surface area contributed by atoms with E-state index in [9.17, 15) is 13.6 Å². The molecule has 6 heteroatoms. The van der Waals surface area contributed by atoms with Gasteiger partial charge in [-0.1, -0.05) is 24.0 Å². The van der Waals surface area contributed by atoms with Crippen LogP contribution in [-0.4, -0.2) is 41.3 Å². The summed E-state index contributed by atoms with van der Waals surface area (Å²) in [6.07, 6.45) is 2.93. The fourth-order valence-electron chi connectivity index (χ4n) is 2.56. The van der Waals surface area contributed by atoms with Gasteiger partial charge in [0.1, 0.15) is 5.65 Å². The van der Waals surface area contributed by atoms with Crippen molar-refractivity contribution in [2.45, 2.75) is 6.42 Å². The molecule has 0 saturated heterocycles. The van der Waals surface area contributed by atoms with Crippen LogP contribution in [0, 0.1) is 23.5 Å². The minimum absolute atomic E-state index is 0.0271. The highest BCUT2D eigenvalue weighted by Crippen LogP contribution is 2.21. The molecule has 26 heavy (non-hydrogen) atoms. The molecular weight excluding hydrogens is 336 g/mol. The molecule has 132 valence electrons. The Morgan fingerprint density at radius 2 is 2.12 bits per heavy atom. The van der Waals surface area contributed by atoms with Crippen molar-refractivity contribution in [2.24, 2.45) is 0 Å². The highest BCUT2D eigenvalue weighted by molar-refractivity contribution is 6.08. The maximum atomic E-state index is 13.8. The number of aromatic nitrogens is 2. The second-order valence-corrected chi connectivity index (χ2v) is 6.17. The molecule has 0 aliphatic rings. The third kappa shape index (κ3) is 3.79. The first-order chi connectivity index (χ1) is 12.5. The number of carbonyl (C=O) groups is 1. The van der Waals surface area contributed by atoms with Crippen LogP contribution in [-0.2, 0) is 6.42 Å². The zero-order chi connectivity index (χ0) is 18.7. The van der Waals surface area contributed by atoms with Crippen molar-refractivity contribution >= 4 is 16.8 Å². The first-order valence-corrected chi connectivity index (χ1v) is 8.02. The Hall–Kier alpha value is -3.04. The average molecular weight is 353 g/mol. The third-order valence-electron chi connectivity index (χ3n) is 3.84. The molecule has 0 aliphatic heterocycles. The number of nitrogens with one attached hydrogen (secondary N) is 1. The van der Waals surface area contributed by atoms with E-state index in [2.05, 4.69) is 21.8 Å². The van der Waals surface area contributed by atoms with Crippen LogP contribution in [0.25, 0.3) is 11.0 Å². The predicted molar refractivity (Wildman–Crippen MR) is 95.9 cm³/mol. The quantitative estimate of drug-likeness (QED) is 0.579. The van der Waals surface area contributed by atoms with Crippen molar-refractivity contribution in [3.8, 4) is 11.8 Å². The van der Waals surface area contributed by atoms with Crippen molar-refractivity contribution in [1.29, 1.82) is 0 Å². The summed E-state index contributed by atoms with van der Waals surface area (Å²) in [6.45, 7) is 0.607. The van der Waals surface area contributed by atoms with Crippen LogP contribution >= 0.6 is 0 Å². The van der Waals surface area contributed by atoms with Gasteiger partial charge in [-0.15, -0.1) is 0 Å². The summed E-state index contributed by atoms with van der Waals surface area (Å²) in [7, 11) is 3.84. The summed E-state index contributed by atoms with van der Waals surface area (Å²) >= 11 is 0. The van der Waals surface area contributed by atoms with Gasteiger partial charge in [-0.05, 0) is 31.8 Å². The largest absolute Gasteiger partial charge is 0.345 e. The molecule has 0 fully saturated rings. The summed E-state index contributed by atoms with van der Waals surface area (Å²) < 4.78 is 27.1. The Bertz CT molecular complexity index is 1030. The van der Waals surface area contributed by atoms with Crippen molar-refractivity contribution in [3.05, 3.63) is 65.0 Å². The van der Waals surface area contributed by atoms with Gasteiger partial charge in [-0.3, -0.25) is 9.69 Å². The van der Waals surface area contributed by atoms with E-state index in [0.717, 1.165) is 6.07 Å². The monoisotopic (exact) mass is 353 g/mol. The molecule has 0 spiro atoms. The molecule has 0 saturated carbocycles. The second kappa shape index (κ2) is 7.46. The molecule has 0 bridgehead atoms. The number of rotatable bonds is 4. The lowest BCUT2D eigenvalue weighted by molar-refractivity contribution is 0.0993. The number of Topliss-reactive ketones (excluding diaryl/α,β-unsaturated/α-hetero) is 1. The summed E-state index contributed by atoms with van der Waals surface area (Å²) in [4.78, 5) is 21.7. The van der Waals surface area contributed by atoms with Gasteiger partial charge in [0.05, 0.1) is 6.54 Å². The summed E-state index contributed by atoms with van der Waals surface area (Å²) in [6, 6.07) is 5.59. The fourth-order valence-corrected chi connectivity index (χ4v) is 2.56. The number of halogens is 2. The zero-order valence-electron chi connectivity index (χ0n) is 14.4. The van der Waals surface area contributed by atoms with Gasteiger partial charge in [-0.25, -0.2) is 13.8 Å². The Kier molecular flexibility index (Phi) is 5.10. The molecule has 1 aromatic carbocycles. The molecule has 3 aromatic rings. The number of pyridine rings is 1. The van der Waals surface area contributed by atoms with Crippen LogP contribution in [0.3, 0.4) is 0 Å². The Morgan fingerprint density at radius 3 is 2.88 bits per heavy atom. The number of fused-ring (bicyclic) bond motifs is 1. The van der Waals surface area contributed by atoms with Gasteiger partial charge in [0.2, 0.25) is 0 Å².